The first-order valence-electron chi connectivity index (χ1n) is 5.21. The number of rotatable bonds is 2. The van der Waals surface area contributed by atoms with Gasteiger partial charge in [0.25, 0.3) is 0 Å². The molecule has 80 valence electrons. The minimum atomic E-state index is 0.794. The zero-order chi connectivity index (χ0) is 11.4. The molecular formula is C14H14N2. The Bertz CT molecular complexity index is 501. The summed E-state index contributed by atoms with van der Waals surface area (Å²) in [6, 6.07) is 15.8. The lowest BCUT2D eigenvalue weighted by Gasteiger charge is -2.02. The van der Waals surface area contributed by atoms with Crippen molar-refractivity contribution in [3.8, 4) is 0 Å². The fraction of sp³-hybridized carbons (Fsp3) is 0.0714. The molecule has 0 saturated carbocycles. The standard InChI is InChI=1S/C14H14N2/c1-11-6-5-7-12(14(11)15)10-16-13-8-3-2-4-9-13/h2-10H,15H2,1H3. The van der Waals surface area contributed by atoms with Gasteiger partial charge in [0.05, 0.1) is 5.69 Å². The van der Waals surface area contributed by atoms with Crippen molar-refractivity contribution in [2.75, 3.05) is 5.73 Å². The number of aryl methyl sites for hydroxylation is 1. The van der Waals surface area contributed by atoms with Gasteiger partial charge in [-0.1, -0.05) is 36.4 Å². The molecule has 0 aliphatic heterocycles. The molecule has 2 aromatic rings. The lowest BCUT2D eigenvalue weighted by atomic mass is 10.1. The summed E-state index contributed by atoms with van der Waals surface area (Å²) in [5.41, 5.74) is 9.73. The first kappa shape index (κ1) is 10.4. The molecule has 0 unspecified atom stereocenters. The average Bonchev–Trinajstić information content (AvgIpc) is 2.32. The fourth-order valence-electron chi connectivity index (χ4n) is 1.47. The molecule has 0 bridgehead atoms. The normalized spacial score (nSPS) is 10.8. The number of anilines is 1. The van der Waals surface area contributed by atoms with Gasteiger partial charge in [-0.05, 0) is 24.6 Å². The van der Waals surface area contributed by atoms with Gasteiger partial charge in [-0.2, -0.15) is 0 Å². The van der Waals surface area contributed by atoms with E-state index in [0.29, 0.717) is 0 Å². The van der Waals surface area contributed by atoms with Gasteiger partial charge in [0.15, 0.2) is 0 Å². The maximum absolute atomic E-state index is 5.96. The molecule has 0 aliphatic rings. The second kappa shape index (κ2) is 4.62. The van der Waals surface area contributed by atoms with Crippen LogP contribution in [0, 0.1) is 6.92 Å². The zero-order valence-corrected chi connectivity index (χ0v) is 9.22. The Hall–Kier alpha value is -2.09. The Kier molecular flexibility index (Phi) is 3.01. The number of para-hydroxylation sites is 2. The molecule has 2 nitrogen and oxygen atoms in total. The van der Waals surface area contributed by atoms with E-state index in [1.807, 2.05) is 55.5 Å². The highest BCUT2D eigenvalue weighted by atomic mass is 14.7. The molecule has 0 saturated heterocycles. The van der Waals surface area contributed by atoms with Crippen LogP contribution in [0.3, 0.4) is 0 Å². The van der Waals surface area contributed by atoms with Crippen LogP contribution in [0.1, 0.15) is 11.1 Å². The average molecular weight is 210 g/mol. The Balaban J connectivity index is 2.28. The summed E-state index contributed by atoms with van der Waals surface area (Å²) in [7, 11) is 0. The first-order valence-corrected chi connectivity index (χ1v) is 5.21. The molecule has 0 aromatic heterocycles. The molecule has 2 aromatic carbocycles. The van der Waals surface area contributed by atoms with Crippen LogP contribution in [0.15, 0.2) is 53.5 Å². The lowest BCUT2D eigenvalue weighted by Crippen LogP contribution is -1.95. The van der Waals surface area contributed by atoms with Gasteiger partial charge in [-0.3, -0.25) is 4.99 Å². The van der Waals surface area contributed by atoms with Crippen molar-refractivity contribution in [2.24, 2.45) is 4.99 Å². The smallest absolute Gasteiger partial charge is 0.0629 e. The molecule has 0 radical (unpaired) electrons. The van der Waals surface area contributed by atoms with E-state index in [0.717, 1.165) is 22.5 Å². The van der Waals surface area contributed by atoms with Crippen molar-refractivity contribution in [1.82, 2.24) is 0 Å². The number of hydrogen-bond acceptors (Lipinski definition) is 2. The summed E-state index contributed by atoms with van der Waals surface area (Å²) >= 11 is 0. The van der Waals surface area contributed by atoms with E-state index in [9.17, 15) is 0 Å². The van der Waals surface area contributed by atoms with Crippen LogP contribution in [-0.2, 0) is 0 Å². The SMILES string of the molecule is Cc1cccc(C=Nc2ccccc2)c1N. The van der Waals surface area contributed by atoms with Crippen molar-refractivity contribution in [2.45, 2.75) is 6.92 Å². The van der Waals surface area contributed by atoms with Crippen LogP contribution in [0.2, 0.25) is 0 Å². The molecule has 2 heteroatoms. The van der Waals surface area contributed by atoms with Gasteiger partial charge in [-0.15, -0.1) is 0 Å². The van der Waals surface area contributed by atoms with E-state index in [1.54, 1.807) is 6.21 Å². The van der Waals surface area contributed by atoms with Gasteiger partial charge in [0.2, 0.25) is 0 Å². The summed E-state index contributed by atoms with van der Waals surface area (Å²) in [6.07, 6.45) is 1.80. The first-order chi connectivity index (χ1) is 7.77. The summed E-state index contributed by atoms with van der Waals surface area (Å²) < 4.78 is 0. The maximum Gasteiger partial charge on any atom is 0.0629 e. The molecule has 16 heavy (non-hydrogen) atoms. The summed E-state index contributed by atoms with van der Waals surface area (Å²) in [5, 5.41) is 0. The van der Waals surface area contributed by atoms with Crippen LogP contribution in [0.25, 0.3) is 0 Å². The van der Waals surface area contributed by atoms with Crippen LogP contribution >= 0.6 is 0 Å². The van der Waals surface area contributed by atoms with E-state index in [1.165, 1.54) is 0 Å². The molecule has 0 heterocycles. The number of benzene rings is 2. The van der Waals surface area contributed by atoms with Crippen molar-refractivity contribution in [3.05, 3.63) is 59.7 Å². The fourth-order valence-corrected chi connectivity index (χ4v) is 1.47. The van der Waals surface area contributed by atoms with Gasteiger partial charge < -0.3 is 5.73 Å². The van der Waals surface area contributed by atoms with E-state index >= 15 is 0 Å². The minimum Gasteiger partial charge on any atom is -0.398 e. The summed E-state index contributed by atoms with van der Waals surface area (Å²) in [6.45, 7) is 2.00. The van der Waals surface area contributed by atoms with Crippen molar-refractivity contribution < 1.29 is 0 Å². The molecule has 0 fully saturated rings. The van der Waals surface area contributed by atoms with Gasteiger partial charge in [-0.25, -0.2) is 0 Å². The Morgan fingerprint density at radius 3 is 2.50 bits per heavy atom. The van der Waals surface area contributed by atoms with Gasteiger partial charge in [0.1, 0.15) is 0 Å². The van der Waals surface area contributed by atoms with Crippen molar-refractivity contribution in [1.29, 1.82) is 0 Å². The van der Waals surface area contributed by atoms with Crippen LogP contribution in [-0.4, -0.2) is 6.21 Å². The lowest BCUT2D eigenvalue weighted by molar-refractivity contribution is 1.45. The van der Waals surface area contributed by atoms with E-state index in [-0.39, 0.29) is 0 Å². The highest BCUT2D eigenvalue weighted by Crippen LogP contribution is 2.16. The Morgan fingerprint density at radius 1 is 1.00 bits per heavy atom. The van der Waals surface area contributed by atoms with E-state index in [4.69, 9.17) is 5.73 Å². The highest BCUT2D eigenvalue weighted by Gasteiger charge is 1.97. The topological polar surface area (TPSA) is 38.4 Å². The van der Waals surface area contributed by atoms with Crippen molar-refractivity contribution >= 4 is 17.6 Å². The largest absolute Gasteiger partial charge is 0.398 e. The minimum absolute atomic E-state index is 0.794. The third-order valence-electron chi connectivity index (χ3n) is 2.47. The zero-order valence-electron chi connectivity index (χ0n) is 9.22. The number of nitrogens with two attached hydrogens (primary N) is 1. The molecule has 0 aliphatic carbocycles. The second-order valence-corrected chi connectivity index (χ2v) is 3.67. The predicted octanol–water partition coefficient (Wildman–Crippen LogP) is 3.33. The second-order valence-electron chi connectivity index (χ2n) is 3.67. The Labute approximate surface area is 95.5 Å². The molecule has 0 atom stereocenters. The highest BCUT2D eigenvalue weighted by molar-refractivity contribution is 5.89. The van der Waals surface area contributed by atoms with E-state index < -0.39 is 0 Å². The molecule has 2 N–H and O–H groups in total. The molecule has 2 rings (SSSR count). The van der Waals surface area contributed by atoms with Crippen LogP contribution in [0.5, 0.6) is 0 Å². The van der Waals surface area contributed by atoms with Gasteiger partial charge in [0, 0.05) is 17.5 Å². The maximum atomic E-state index is 5.96. The number of aliphatic imine (C=N–C) groups is 1. The van der Waals surface area contributed by atoms with Crippen LogP contribution < -0.4 is 5.73 Å². The van der Waals surface area contributed by atoms with E-state index in [2.05, 4.69) is 4.99 Å². The third-order valence-corrected chi connectivity index (χ3v) is 2.47. The number of nitrogens with zero attached hydrogens (tertiary/aromatic N) is 1. The summed E-state index contributed by atoms with van der Waals surface area (Å²) in [4.78, 5) is 4.37. The monoisotopic (exact) mass is 210 g/mol. The van der Waals surface area contributed by atoms with Gasteiger partial charge >= 0.3 is 0 Å². The third kappa shape index (κ3) is 2.28. The predicted molar refractivity (Wildman–Crippen MR) is 69.3 cm³/mol. The summed E-state index contributed by atoms with van der Waals surface area (Å²) in [5.74, 6) is 0. The van der Waals surface area contributed by atoms with Crippen molar-refractivity contribution in [3.63, 3.8) is 0 Å². The number of nitrogen functional groups attached to an aromatic ring is 1. The molecule has 0 spiro atoms. The molecule has 0 amide bonds. The van der Waals surface area contributed by atoms with Crippen LogP contribution in [0.4, 0.5) is 11.4 Å². The quantitative estimate of drug-likeness (QED) is 0.599. The Morgan fingerprint density at radius 2 is 1.75 bits per heavy atom. The number of hydrogen-bond donors (Lipinski definition) is 1. The molecular weight excluding hydrogens is 196 g/mol.